The number of nitrogens with zero attached hydrogens (tertiary/aromatic N) is 2. The van der Waals surface area contributed by atoms with Gasteiger partial charge in [0.05, 0.1) is 16.9 Å². The first-order valence-corrected chi connectivity index (χ1v) is 9.07. The Morgan fingerprint density at radius 1 is 1.11 bits per heavy atom. The number of benzene rings is 1. The number of hydrogen-bond acceptors (Lipinski definition) is 4. The van der Waals surface area contributed by atoms with Crippen LogP contribution in [0.25, 0.3) is 0 Å². The maximum atomic E-state index is 13.1. The maximum Gasteiger partial charge on any atom is 0.416 e. The Kier molecular flexibility index (Phi) is 5.71. The molecule has 0 aliphatic heterocycles. The summed E-state index contributed by atoms with van der Waals surface area (Å²) in [5, 5.41) is 9.58. The van der Waals surface area contributed by atoms with E-state index in [4.69, 9.17) is 0 Å². The van der Waals surface area contributed by atoms with Crippen LogP contribution in [0.4, 0.5) is 24.5 Å². The average Bonchev–Trinajstić information content (AvgIpc) is 2.65. The van der Waals surface area contributed by atoms with E-state index in [0.29, 0.717) is 5.69 Å². The molecule has 0 unspecified atom stereocenters. The lowest BCUT2D eigenvalue weighted by Crippen LogP contribution is -2.25. The van der Waals surface area contributed by atoms with Crippen LogP contribution in [0.3, 0.4) is 0 Å². The Hall–Kier alpha value is -2.84. The number of nitrogens with one attached hydrogen (secondary N) is 2. The van der Waals surface area contributed by atoms with Crippen LogP contribution in [0.1, 0.15) is 48.2 Å². The number of alkyl halides is 3. The highest BCUT2D eigenvalue weighted by Gasteiger charge is 2.31. The van der Waals surface area contributed by atoms with E-state index in [1.807, 2.05) is 0 Å². The topological polar surface area (TPSA) is 76.0 Å². The van der Waals surface area contributed by atoms with Crippen LogP contribution in [0, 0.1) is 0 Å². The second-order valence-electron chi connectivity index (χ2n) is 6.87. The summed E-state index contributed by atoms with van der Waals surface area (Å²) in [7, 11) is 1.39. The van der Waals surface area contributed by atoms with E-state index in [2.05, 4.69) is 15.7 Å². The largest absolute Gasteiger partial charge is 0.416 e. The standard InChI is InChI=1S/C19H21F3N4O2/c1-26-17(27)10-9-15(25-26)18(28)24-16-11-12(19(20,21)22)7-8-14(16)23-13-5-3-2-4-6-13/h7-11,13,23H,2-6H2,1H3,(H,24,28). The highest BCUT2D eigenvalue weighted by molar-refractivity contribution is 6.04. The summed E-state index contributed by atoms with van der Waals surface area (Å²) in [4.78, 5) is 23.9. The van der Waals surface area contributed by atoms with Crippen molar-refractivity contribution in [3.8, 4) is 0 Å². The smallest absolute Gasteiger partial charge is 0.381 e. The number of anilines is 2. The van der Waals surface area contributed by atoms with Gasteiger partial charge in [-0.2, -0.15) is 18.3 Å². The van der Waals surface area contributed by atoms with Gasteiger partial charge in [0, 0.05) is 19.2 Å². The highest BCUT2D eigenvalue weighted by Crippen LogP contribution is 2.35. The lowest BCUT2D eigenvalue weighted by Gasteiger charge is -2.25. The van der Waals surface area contributed by atoms with Gasteiger partial charge in [0.1, 0.15) is 5.69 Å². The highest BCUT2D eigenvalue weighted by atomic mass is 19.4. The molecule has 3 rings (SSSR count). The van der Waals surface area contributed by atoms with Crippen molar-refractivity contribution in [3.63, 3.8) is 0 Å². The lowest BCUT2D eigenvalue weighted by molar-refractivity contribution is -0.137. The number of amides is 1. The van der Waals surface area contributed by atoms with E-state index in [9.17, 15) is 22.8 Å². The van der Waals surface area contributed by atoms with E-state index in [1.54, 1.807) is 0 Å². The minimum absolute atomic E-state index is 0.0288. The molecule has 0 radical (unpaired) electrons. The zero-order valence-corrected chi connectivity index (χ0v) is 15.3. The first-order chi connectivity index (χ1) is 13.2. The summed E-state index contributed by atoms with van der Waals surface area (Å²) in [5.41, 5.74) is -0.858. The van der Waals surface area contributed by atoms with Crippen molar-refractivity contribution >= 4 is 17.3 Å². The van der Waals surface area contributed by atoms with Crippen molar-refractivity contribution in [3.05, 3.63) is 51.9 Å². The SMILES string of the molecule is Cn1nc(C(=O)Nc2cc(C(F)(F)F)ccc2NC2CCCCC2)ccc1=O. The summed E-state index contributed by atoms with van der Waals surface area (Å²) < 4.78 is 40.4. The fourth-order valence-corrected chi connectivity index (χ4v) is 3.23. The Bertz CT molecular complexity index is 918. The van der Waals surface area contributed by atoms with Gasteiger partial charge in [-0.1, -0.05) is 19.3 Å². The van der Waals surface area contributed by atoms with Crippen LogP contribution in [-0.4, -0.2) is 21.7 Å². The number of halogens is 3. The van der Waals surface area contributed by atoms with Crippen LogP contribution in [0.2, 0.25) is 0 Å². The molecule has 1 amide bonds. The number of rotatable bonds is 4. The van der Waals surface area contributed by atoms with Crippen LogP contribution in [0.5, 0.6) is 0 Å². The van der Waals surface area contributed by atoms with Crippen molar-refractivity contribution < 1.29 is 18.0 Å². The molecule has 2 N–H and O–H groups in total. The van der Waals surface area contributed by atoms with Gasteiger partial charge < -0.3 is 10.6 Å². The molecule has 1 saturated carbocycles. The minimum atomic E-state index is -4.53. The molecule has 1 aromatic heterocycles. The molecular formula is C19H21F3N4O2. The maximum absolute atomic E-state index is 13.1. The van der Waals surface area contributed by atoms with Crippen molar-refractivity contribution in [1.29, 1.82) is 0 Å². The molecule has 2 aromatic rings. The molecule has 1 aromatic carbocycles. The van der Waals surface area contributed by atoms with Gasteiger partial charge in [0.15, 0.2) is 0 Å². The van der Waals surface area contributed by atoms with Crippen molar-refractivity contribution in [1.82, 2.24) is 9.78 Å². The predicted octanol–water partition coefficient (Wildman–Crippen LogP) is 3.80. The van der Waals surface area contributed by atoms with Crippen molar-refractivity contribution in [2.24, 2.45) is 7.05 Å². The average molecular weight is 394 g/mol. The molecule has 1 heterocycles. The fourth-order valence-electron chi connectivity index (χ4n) is 3.23. The van der Waals surface area contributed by atoms with Gasteiger partial charge in [0.25, 0.3) is 11.5 Å². The molecule has 0 saturated heterocycles. The Balaban J connectivity index is 1.89. The summed E-state index contributed by atoms with van der Waals surface area (Å²) in [6.45, 7) is 0. The number of carbonyl (C=O) groups excluding carboxylic acids is 1. The van der Waals surface area contributed by atoms with Crippen LogP contribution < -0.4 is 16.2 Å². The molecule has 1 aliphatic carbocycles. The van der Waals surface area contributed by atoms with Gasteiger partial charge in [0.2, 0.25) is 0 Å². The minimum Gasteiger partial charge on any atom is -0.381 e. The normalized spacial score (nSPS) is 15.3. The molecule has 6 nitrogen and oxygen atoms in total. The van der Waals surface area contributed by atoms with E-state index in [0.717, 1.165) is 48.9 Å². The molecule has 0 atom stereocenters. The Morgan fingerprint density at radius 3 is 2.46 bits per heavy atom. The van der Waals surface area contributed by atoms with E-state index in [-0.39, 0.29) is 17.4 Å². The number of carbonyl (C=O) groups is 1. The van der Waals surface area contributed by atoms with Crippen LogP contribution in [0.15, 0.2) is 35.1 Å². The van der Waals surface area contributed by atoms with Gasteiger partial charge >= 0.3 is 6.18 Å². The molecule has 1 fully saturated rings. The zero-order valence-electron chi connectivity index (χ0n) is 15.3. The second-order valence-corrected chi connectivity index (χ2v) is 6.87. The molecule has 1 aliphatic rings. The van der Waals surface area contributed by atoms with Crippen molar-refractivity contribution in [2.45, 2.75) is 44.3 Å². The first kappa shape index (κ1) is 19.9. The second kappa shape index (κ2) is 8.04. The van der Waals surface area contributed by atoms with Crippen LogP contribution >= 0.6 is 0 Å². The van der Waals surface area contributed by atoms with Gasteiger partial charge in [-0.25, -0.2) is 4.68 Å². The summed E-state index contributed by atoms with van der Waals surface area (Å²) in [5.74, 6) is -0.693. The first-order valence-electron chi connectivity index (χ1n) is 9.07. The predicted molar refractivity (Wildman–Crippen MR) is 99.4 cm³/mol. The van der Waals surface area contributed by atoms with Crippen LogP contribution in [-0.2, 0) is 13.2 Å². The molecule has 150 valence electrons. The quantitative estimate of drug-likeness (QED) is 0.827. The molecule has 9 heteroatoms. The lowest BCUT2D eigenvalue weighted by atomic mass is 9.95. The third kappa shape index (κ3) is 4.71. The third-order valence-corrected chi connectivity index (χ3v) is 4.75. The summed E-state index contributed by atoms with van der Waals surface area (Å²) in [6.07, 6.45) is 0.586. The van der Waals surface area contributed by atoms with E-state index < -0.39 is 23.2 Å². The summed E-state index contributed by atoms with van der Waals surface area (Å²) in [6, 6.07) is 5.79. The van der Waals surface area contributed by atoms with Gasteiger partial charge in [-0.05, 0) is 37.1 Å². The number of aryl methyl sites for hydroxylation is 1. The monoisotopic (exact) mass is 394 g/mol. The number of hydrogen-bond donors (Lipinski definition) is 2. The number of aromatic nitrogens is 2. The molecular weight excluding hydrogens is 373 g/mol. The van der Waals surface area contributed by atoms with Gasteiger partial charge in [-0.3, -0.25) is 9.59 Å². The zero-order chi connectivity index (χ0) is 20.3. The van der Waals surface area contributed by atoms with Gasteiger partial charge in [-0.15, -0.1) is 0 Å². The Morgan fingerprint density at radius 2 is 1.82 bits per heavy atom. The Labute approximate surface area is 159 Å². The summed E-state index contributed by atoms with van der Waals surface area (Å²) >= 11 is 0. The molecule has 0 spiro atoms. The van der Waals surface area contributed by atoms with E-state index >= 15 is 0 Å². The molecule has 0 bridgehead atoms. The third-order valence-electron chi connectivity index (χ3n) is 4.75. The van der Waals surface area contributed by atoms with E-state index in [1.165, 1.54) is 25.2 Å². The fraction of sp³-hybridized carbons (Fsp3) is 0.421. The molecule has 28 heavy (non-hydrogen) atoms. The van der Waals surface area contributed by atoms with Crippen molar-refractivity contribution in [2.75, 3.05) is 10.6 Å².